The molecule has 2 rings (SSSR count). The van der Waals surface area contributed by atoms with Gasteiger partial charge in [0.1, 0.15) is 0 Å². The predicted molar refractivity (Wildman–Crippen MR) is 71.0 cm³/mol. The first-order valence-corrected chi connectivity index (χ1v) is 6.87. The lowest BCUT2D eigenvalue weighted by atomic mass is 9.81. The number of ether oxygens (including phenoxy) is 1. The Morgan fingerprint density at radius 3 is 2.44 bits per heavy atom. The molecule has 0 heterocycles. The van der Waals surface area contributed by atoms with Crippen LogP contribution < -0.4 is 10.5 Å². The molecule has 18 heavy (non-hydrogen) atoms. The molecular weight excluding hydrogens is 229 g/mol. The van der Waals surface area contributed by atoms with Gasteiger partial charge in [-0.2, -0.15) is 0 Å². The van der Waals surface area contributed by atoms with Gasteiger partial charge >= 0.3 is 0 Å². The largest absolute Gasteiger partial charge is 0.491 e. The SMILES string of the molecule is NC[C@H]1CC[C@@H](CCOc2ccccc2F)CC1. The zero-order valence-corrected chi connectivity index (χ0v) is 10.8. The fraction of sp³-hybridized carbons (Fsp3) is 0.600. The normalized spacial score (nSPS) is 23.9. The van der Waals surface area contributed by atoms with Crippen molar-refractivity contribution in [3.05, 3.63) is 30.1 Å². The maximum absolute atomic E-state index is 13.3. The van der Waals surface area contributed by atoms with Crippen LogP contribution in [0, 0.1) is 17.7 Å². The van der Waals surface area contributed by atoms with Crippen LogP contribution in [0.2, 0.25) is 0 Å². The molecule has 100 valence electrons. The number of para-hydroxylation sites is 1. The van der Waals surface area contributed by atoms with Crippen molar-refractivity contribution in [2.24, 2.45) is 17.6 Å². The minimum Gasteiger partial charge on any atom is -0.491 e. The summed E-state index contributed by atoms with van der Waals surface area (Å²) in [5.41, 5.74) is 5.68. The average molecular weight is 251 g/mol. The molecule has 0 aromatic heterocycles. The smallest absolute Gasteiger partial charge is 0.165 e. The van der Waals surface area contributed by atoms with Crippen molar-refractivity contribution in [3.63, 3.8) is 0 Å². The number of hydrogen-bond acceptors (Lipinski definition) is 2. The number of rotatable bonds is 5. The first-order chi connectivity index (χ1) is 8.79. The monoisotopic (exact) mass is 251 g/mol. The fourth-order valence-electron chi connectivity index (χ4n) is 2.65. The lowest BCUT2D eigenvalue weighted by molar-refractivity contribution is 0.215. The molecule has 1 fully saturated rings. The van der Waals surface area contributed by atoms with E-state index in [0.717, 1.165) is 18.9 Å². The summed E-state index contributed by atoms with van der Waals surface area (Å²) in [7, 11) is 0. The van der Waals surface area contributed by atoms with E-state index >= 15 is 0 Å². The van der Waals surface area contributed by atoms with Gasteiger partial charge in [-0.05, 0) is 49.8 Å². The maximum atomic E-state index is 13.3. The molecule has 2 nitrogen and oxygen atoms in total. The summed E-state index contributed by atoms with van der Waals surface area (Å²) in [5, 5.41) is 0. The molecule has 1 aliphatic carbocycles. The summed E-state index contributed by atoms with van der Waals surface area (Å²) in [6.45, 7) is 1.43. The molecule has 1 saturated carbocycles. The average Bonchev–Trinajstić information content (AvgIpc) is 2.42. The number of hydrogen-bond donors (Lipinski definition) is 1. The number of nitrogens with two attached hydrogens (primary N) is 1. The lowest BCUT2D eigenvalue weighted by Crippen LogP contribution is -2.22. The molecule has 1 aromatic carbocycles. The summed E-state index contributed by atoms with van der Waals surface area (Å²) < 4.78 is 18.8. The van der Waals surface area contributed by atoms with Gasteiger partial charge in [0.2, 0.25) is 0 Å². The topological polar surface area (TPSA) is 35.2 Å². The molecule has 0 aliphatic heterocycles. The van der Waals surface area contributed by atoms with Crippen LogP contribution in [0.15, 0.2) is 24.3 Å². The van der Waals surface area contributed by atoms with Crippen LogP contribution in [0.4, 0.5) is 4.39 Å². The molecule has 1 aromatic rings. The van der Waals surface area contributed by atoms with Crippen LogP contribution in [0.25, 0.3) is 0 Å². The van der Waals surface area contributed by atoms with Crippen molar-refractivity contribution in [3.8, 4) is 5.75 Å². The van der Waals surface area contributed by atoms with Gasteiger partial charge in [-0.1, -0.05) is 25.0 Å². The van der Waals surface area contributed by atoms with Gasteiger partial charge in [-0.15, -0.1) is 0 Å². The molecule has 2 N–H and O–H groups in total. The quantitative estimate of drug-likeness (QED) is 0.871. The Labute approximate surface area is 108 Å². The molecular formula is C15H22FNO. The minimum absolute atomic E-state index is 0.274. The standard InChI is InChI=1S/C15H22FNO/c16-14-3-1-2-4-15(14)18-10-9-12-5-7-13(11-17)8-6-12/h1-4,12-13H,5-11,17H2/t12-,13+. The van der Waals surface area contributed by atoms with E-state index in [4.69, 9.17) is 10.5 Å². The third-order valence-corrected chi connectivity index (χ3v) is 3.92. The van der Waals surface area contributed by atoms with Crippen LogP contribution in [-0.4, -0.2) is 13.2 Å². The summed E-state index contributed by atoms with van der Waals surface area (Å²) in [6.07, 6.45) is 5.97. The Hall–Kier alpha value is -1.09. The van der Waals surface area contributed by atoms with E-state index in [2.05, 4.69) is 0 Å². The zero-order chi connectivity index (χ0) is 12.8. The van der Waals surface area contributed by atoms with E-state index in [-0.39, 0.29) is 5.82 Å². The Morgan fingerprint density at radius 1 is 1.11 bits per heavy atom. The number of halogens is 1. The van der Waals surface area contributed by atoms with Crippen molar-refractivity contribution in [2.45, 2.75) is 32.1 Å². The lowest BCUT2D eigenvalue weighted by Gasteiger charge is -2.27. The van der Waals surface area contributed by atoms with Crippen LogP contribution in [-0.2, 0) is 0 Å². The van der Waals surface area contributed by atoms with E-state index in [1.165, 1.54) is 31.7 Å². The van der Waals surface area contributed by atoms with E-state index in [0.29, 0.717) is 18.3 Å². The van der Waals surface area contributed by atoms with Gasteiger partial charge in [-0.25, -0.2) is 4.39 Å². The highest BCUT2D eigenvalue weighted by molar-refractivity contribution is 5.23. The second kappa shape index (κ2) is 6.74. The van der Waals surface area contributed by atoms with Crippen molar-refractivity contribution in [1.82, 2.24) is 0 Å². The van der Waals surface area contributed by atoms with E-state index in [1.807, 2.05) is 0 Å². The molecule has 0 bridgehead atoms. The summed E-state index contributed by atoms with van der Waals surface area (Å²) in [6, 6.07) is 6.59. The molecule has 3 heteroatoms. The summed E-state index contributed by atoms with van der Waals surface area (Å²) in [5.74, 6) is 1.53. The third-order valence-electron chi connectivity index (χ3n) is 3.92. The summed E-state index contributed by atoms with van der Waals surface area (Å²) in [4.78, 5) is 0. The molecule has 0 atom stereocenters. The molecule has 0 saturated heterocycles. The first-order valence-electron chi connectivity index (χ1n) is 6.87. The van der Waals surface area contributed by atoms with Gasteiger partial charge in [0.05, 0.1) is 6.61 Å². The Balaban J connectivity index is 1.69. The second-order valence-corrected chi connectivity index (χ2v) is 5.19. The molecule has 0 radical (unpaired) electrons. The fourth-order valence-corrected chi connectivity index (χ4v) is 2.65. The second-order valence-electron chi connectivity index (χ2n) is 5.19. The van der Waals surface area contributed by atoms with Crippen molar-refractivity contribution in [1.29, 1.82) is 0 Å². The van der Waals surface area contributed by atoms with E-state index < -0.39 is 0 Å². The Bertz CT molecular complexity index is 361. The molecule has 0 amide bonds. The third kappa shape index (κ3) is 3.70. The van der Waals surface area contributed by atoms with Crippen LogP contribution >= 0.6 is 0 Å². The van der Waals surface area contributed by atoms with Crippen LogP contribution in [0.1, 0.15) is 32.1 Å². The Morgan fingerprint density at radius 2 is 1.78 bits per heavy atom. The first kappa shape index (κ1) is 13.3. The van der Waals surface area contributed by atoms with Crippen molar-refractivity contribution in [2.75, 3.05) is 13.2 Å². The highest BCUT2D eigenvalue weighted by Crippen LogP contribution is 2.30. The van der Waals surface area contributed by atoms with Crippen molar-refractivity contribution < 1.29 is 9.13 Å². The predicted octanol–water partition coefficient (Wildman–Crippen LogP) is 3.36. The van der Waals surface area contributed by atoms with Crippen LogP contribution in [0.5, 0.6) is 5.75 Å². The molecule has 0 spiro atoms. The molecule has 0 unspecified atom stereocenters. The van der Waals surface area contributed by atoms with Gasteiger partial charge in [0, 0.05) is 0 Å². The minimum atomic E-state index is -0.274. The number of benzene rings is 1. The maximum Gasteiger partial charge on any atom is 0.165 e. The van der Waals surface area contributed by atoms with Crippen LogP contribution in [0.3, 0.4) is 0 Å². The van der Waals surface area contributed by atoms with Gasteiger partial charge < -0.3 is 10.5 Å². The van der Waals surface area contributed by atoms with Gasteiger partial charge in [-0.3, -0.25) is 0 Å². The zero-order valence-electron chi connectivity index (χ0n) is 10.8. The van der Waals surface area contributed by atoms with Crippen molar-refractivity contribution >= 4 is 0 Å². The summed E-state index contributed by atoms with van der Waals surface area (Å²) >= 11 is 0. The van der Waals surface area contributed by atoms with Gasteiger partial charge in [0.15, 0.2) is 11.6 Å². The highest BCUT2D eigenvalue weighted by Gasteiger charge is 2.20. The van der Waals surface area contributed by atoms with E-state index in [1.54, 1.807) is 18.2 Å². The van der Waals surface area contributed by atoms with E-state index in [9.17, 15) is 4.39 Å². The molecule has 1 aliphatic rings. The highest BCUT2D eigenvalue weighted by atomic mass is 19.1. The Kier molecular flexibility index (Phi) is 5.00. The van der Waals surface area contributed by atoms with Gasteiger partial charge in [0.25, 0.3) is 0 Å².